The second kappa shape index (κ2) is 7.47. The summed E-state index contributed by atoms with van der Waals surface area (Å²) >= 11 is 6.10. The van der Waals surface area contributed by atoms with Gasteiger partial charge in [-0.2, -0.15) is 5.26 Å². The van der Waals surface area contributed by atoms with Gasteiger partial charge in [0.1, 0.15) is 16.9 Å². The van der Waals surface area contributed by atoms with E-state index in [1.54, 1.807) is 12.3 Å². The molecule has 0 spiro atoms. The van der Waals surface area contributed by atoms with Crippen LogP contribution < -0.4 is 5.32 Å². The maximum absolute atomic E-state index is 8.92. The highest BCUT2D eigenvalue weighted by atomic mass is 35.5. The average Bonchev–Trinajstić information content (AvgIpc) is 2.47. The Morgan fingerprint density at radius 1 is 1.55 bits per heavy atom. The average molecular weight is 293 g/mol. The fraction of sp³-hybridized carbons (Fsp3) is 0.600. The summed E-state index contributed by atoms with van der Waals surface area (Å²) in [5.41, 5.74) is 0.466. The molecule has 1 atom stereocenters. The third kappa shape index (κ3) is 3.84. The van der Waals surface area contributed by atoms with Crippen molar-refractivity contribution in [3.63, 3.8) is 0 Å². The molecule has 20 heavy (non-hydrogen) atoms. The van der Waals surface area contributed by atoms with Crippen molar-refractivity contribution in [3.8, 4) is 6.07 Å². The number of pyridine rings is 1. The van der Waals surface area contributed by atoms with Crippen molar-refractivity contribution < 1.29 is 0 Å². The lowest BCUT2D eigenvalue weighted by Gasteiger charge is -2.33. The van der Waals surface area contributed by atoms with Gasteiger partial charge in [0.15, 0.2) is 0 Å². The molecule has 2 heterocycles. The van der Waals surface area contributed by atoms with Crippen LogP contribution in [0.2, 0.25) is 5.02 Å². The number of hydrogen-bond acceptors (Lipinski definition) is 4. The van der Waals surface area contributed by atoms with Crippen LogP contribution in [-0.2, 0) is 0 Å². The van der Waals surface area contributed by atoms with Crippen LogP contribution in [0.4, 0.5) is 5.82 Å². The molecule has 0 bridgehead atoms. The summed E-state index contributed by atoms with van der Waals surface area (Å²) < 4.78 is 0. The normalized spacial score (nSPS) is 19.6. The summed E-state index contributed by atoms with van der Waals surface area (Å²) in [6.45, 7) is 5.44. The van der Waals surface area contributed by atoms with Crippen LogP contribution in [0, 0.1) is 11.3 Å². The predicted molar refractivity (Wildman–Crippen MR) is 82.0 cm³/mol. The Morgan fingerprint density at radius 3 is 3.15 bits per heavy atom. The number of anilines is 1. The molecule has 1 N–H and O–H groups in total. The maximum Gasteiger partial charge on any atom is 0.146 e. The minimum Gasteiger partial charge on any atom is -0.369 e. The van der Waals surface area contributed by atoms with Crippen LogP contribution in [0.25, 0.3) is 0 Å². The highest BCUT2D eigenvalue weighted by Crippen LogP contribution is 2.22. The summed E-state index contributed by atoms with van der Waals surface area (Å²) in [5, 5.41) is 12.6. The van der Waals surface area contributed by atoms with Gasteiger partial charge in [0, 0.05) is 25.3 Å². The Morgan fingerprint density at radius 2 is 2.40 bits per heavy atom. The van der Waals surface area contributed by atoms with Crippen molar-refractivity contribution >= 4 is 17.4 Å². The van der Waals surface area contributed by atoms with Crippen LogP contribution in [0.15, 0.2) is 12.3 Å². The molecule has 1 aliphatic heterocycles. The molecule has 0 amide bonds. The lowest BCUT2D eigenvalue weighted by atomic mass is 10.0. The van der Waals surface area contributed by atoms with Gasteiger partial charge < -0.3 is 10.2 Å². The molecular formula is C15H21ClN4. The van der Waals surface area contributed by atoms with Crippen molar-refractivity contribution in [2.24, 2.45) is 0 Å². The SMILES string of the molecule is CC1CCCCN1CCCNc1nccc(C#N)c1Cl. The van der Waals surface area contributed by atoms with Crippen LogP contribution >= 0.6 is 11.6 Å². The molecule has 4 nitrogen and oxygen atoms in total. The number of aromatic nitrogens is 1. The molecule has 1 unspecified atom stereocenters. The molecule has 1 saturated heterocycles. The fourth-order valence-electron chi connectivity index (χ4n) is 2.63. The number of nitrogens with zero attached hydrogens (tertiary/aromatic N) is 3. The van der Waals surface area contributed by atoms with Crippen molar-refractivity contribution in [3.05, 3.63) is 22.8 Å². The van der Waals surface area contributed by atoms with Gasteiger partial charge >= 0.3 is 0 Å². The molecule has 1 aliphatic rings. The highest BCUT2D eigenvalue weighted by Gasteiger charge is 2.17. The van der Waals surface area contributed by atoms with Gasteiger partial charge in [0.05, 0.1) is 5.56 Å². The Labute approximate surface area is 125 Å². The number of likely N-dealkylation sites (tertiary alicyclic amines) is 1. The molecule has 0 aromatic carbocycles. The van der Waals surface area contributed by atoms with E-state index in [1.807, 2.05) is 0 Å². The van der Waals surface area contributed by atoms with Crippen molar-refractivity contribution in [2.45, 2.75) is 38.6 Å². The molecule has 2 rings (SSSR count). The van der Waals surface area contributed by atoms with Gasteiger partial charge in [-0.3, -0.25) is 0 Å². The van der Waals surface area contributed by atoms with Crippen molar-refractivity contribution in [1.82, 2.24) is 9.88 Å². The Balaban J connectivity index is 1.77. The molecule has 1 aromatic rings. The highest BCUT2D eigenvalue weighted by molar-refractivity contribution is 6.34. The first-order valence-corrected chi connectivity index (χ1v) is 7.62. The smallest absolute Gasteiger partial charge is 0.146 e. The van der Waals surface area contributed by atoms with Crippen LogP contribution in [0.5, 0.6) is 0 Å². The van der Waals surface area contributed by atoms with E-state index >= 15 is 0 Å². The fourth-order valence-corrected chi connectivity index (χ4v) is 2.85. The minimum atomic E-state index is 0.418. The lowest BCUT2D eigenvalue weighted by molar-refractivity contribution is 0.160. The summed E-state index contributed by atoms with van der Waals surface area (Å²) in [5.74, 6) is 0.609. The lowest BCUT2D eigenvalue weighted by Crippen LogP contribution is -2.38. The first-order chi connectivity index (χ1) is 9.72. The van der Waals surface area contributed by atoms with Gasteiger partial charge in [-0.05, 0) is 38.8 Å². The van der Waals surface area contributed by atoms with E-state index in [0.29, 0.717) is 22.4 Å². The Kier molecular flexibility index (Phi) is 5.63. The maximum atomic E-state index is 8.92. The number of nitriles is 1. The first kappa shape index (κ1) is 15.1. The molecule has 108 valence electrons. The molecule has 5 heteroatoms. The zero-order valence-corrected chi connectivity index (χ0v) is 12.7. The second-order valence-corrected chi connectivity index (χ2v) is 5.67. The van der Waals surface area contributed by atoms with Crippen molar-refractivity contribution in [2.75, 3.05) is 25.0 Å². The minimum absolute atomic E-state index is 0.418. The summed E-state index contributed by atoms with van der Waals surface area (Å²) in [4.78, 5) is 6.73. The molecule has 0 saturated carbocycles. The zero-order chi connectivity index (χ0) is 14.4. The van der Waals surface area contributed by atoms with E-state index in [4.69, 9.17) is 16.9 Å². The van der Waals surface area contributed by atoms with Crippen LogP contribution in [0.1, 0.15) is 38.2 Å². The summed E-state index contributed by atoms with van der Waals surface area (Å²) in [6.07, 6.45) is 6.65. The van der Waals surface area contributed by atoms with E-state index in [0.717, 1.165) is 19.5 Å². The topological polar surface area (TPSA) is 52.0 Å². The van der Waals surface area contributed by atoms with E-state index in [2.05, 4.69) is 28.2 Å². The number of piperidine rings is 1. The van der Waals surface area contributed by atoms with Gasteiger partial charge in [-0.25, -0.2) is 4.98 Å². The van der Waals surface area contributed by atoms with Gasteiger partial charge in [0.2, 0.25) is 0 Å². The zero-order valence-electron chi connectivity index (χ0n) is 11.9. The molecule has 0 aliphatic carbocycles. The largest absolute Gasteiger partial charge is 0.369 e. The van der Waals surface area contributed by atoms with Gasteiger partial charge in [-0.1, -0.05) is 18.0 Å². The van der Waals surface area contributed by atoms with Gasteiger partial charge in [0.25, 0.3) is 0 Å². The number of halogens is 1. The predicted octanol–water partition coefficient (Wildman–Crippen LogP) is 3.28. The molecule has 1 aromatic heterocycles. The third-order valence-electron chi connectivity index (χ3n) is 3.86. The second-order valence-electron chi connectivity index (χ2n) is 5.29. The summed E-state index contributed by atoms with van der Waals surface area (Å²) in [6, 6.07) is 4.39. The quantitative estimate of drug-likeness (QED) is 0.846. The van der Waals surface area contributed by atoms with Crippen LogP contribution in [-0.4, -0.2) is 35.6 Å². The Bertz CT molecular complexity index is 483. The van der Waals surface area contributed by atoms with Gasteiger partial charge in [-0.15, -0.1) is 0 Å². The first-order valence-electron chi connectivity index (χ1n) is 7.25. The van der Waals surface area contributed by atoms with E-state index in [1.165, 1.54) is 25.8 Å². The monoisotopic (exact) mass is 292 g/mol. The van der Waals surface area contributed by atoms with Crippen molar-refractivity contribution in [1.29, 1.82) is 5.26 Å². The number of nitrogens with one attached hydrogen (secondary N) is 1. The van der Waals surface area contributed by atoms with E-state index in [9.17, 15) is 0 Å². The molecular weight excluding hydrogens is 272 g/mol. The van der Waals surface area contributed by atoms with Crippen LogP contribution in [0.3, 0.4) is 0 Å². The molecule has 0 radical (unpaired) electrons. The standard InChI is InChI=1S/C15H21ClN4/c1-12-5-2-3-9-20(12)10-4-7-18-15-14(16)13(11-17)6-8-19-15/h6,8,12H,2-5,7,9-10H2,1H3,(H,18,19). The summed E-state index contributed by atoms with van der Waals surface area (Å²) in [7, 11) is 0. The van der Waals surface area contributed by atoms with E-state index < -0.39 is 0 Å². The van der Waals surface area contributed by atoms with E-state index in [-0.39, 0.29) is 0 Å². The Hall–Kier alpha value is -1.31. The number of rotatable bonds is 5. The molecule has 1 fully saturated rings. The third-order valence-corrected chi connectivity index (χ3v) is 4.25. The number of hydrogen-bond donors (Lipinski definition) is 1.